The predicted molar refractivity (Wildman–Crippen MR) is 92.2 cm³/mol. The number of amides is 2. The molecule has 7 nitrogen and oxygen atoms in total. The number of methoxy groups -OCH3 is 1. The van der Waals surface area contributed by atoms with Crippen molar-refractivity contribution in [3.63, 3.8) is 0 Å². The van der Waals surface area contributed by atoms with Gasteiger partial charge in [0.05, 0.1) is 12.8 Å². The van der Waals surface area contributed by atoms with Crippen LogP contribution in [0.2, 0.25) is 0 Å². The molecule has 1 aliphatic carbocycles. The van der Waals surface area contributed by atoms with Gasteiger partial charge in [0.1, 0.15) is 0 Å². The number of nitrogens with one attached hydrogen (secondary N) is 1. The molecule has 1 aliphatic rings. The molecule has 0 saturated carbocycles. The van der Waals surface area contributed by atoms with E-state index in [1.165, 1.54) is 7.11 Å². The molecule has 130 valence electrons. The molecule has 0 saturated heterocycles. The van der Waals surface area contributed by atoms with Crippen molar-refractivity contribution in [2.75, 3.05) is 12.4 Å². The summed E-state index contributed by atoms with van der Waals surface area (Å²) in [5.41, 5.74) is 2.78. The Kier molecular flexibility index (Phi) is 4.92. The number of para-hydroxylation sites is 1. The van der Waals surface area contributed by atoms with E-state index in [0.717, 1.165) is 37.1 Å². The van der Waals surface area contributed by atoms with Crippen LogP contribution in [0.15, 0.2) is 35.3 Å². The van der Waals surface area contributed by atoms with Crippen molar-refractivity contribution in [3.8, 4) is 0 Å². The smallest absolute Gasteiger partial charge is 0.360 e. The summed E-state index contributed by atoms with van der Waals surface area (Å²) in [5, 5.41) is 2.68. The fraction of sp³-hybridized carbons (Fsp3) is 0.333. The number of anilines is 1. The average Bonchev–Trinajstić information content (AvgIpc) is 2.64. The third-order valence-electron chi connectivity index (χ3n) is 4.20. The lowest BCUT2D eigenvalue weighted by molar-refractivity contribution is 0.0590. The van der Waals surface area contributed by atoms with Gasteiger partial charge in [0.15, 0.2) is 11.2 Å². The number of nitrogens with zero attached hydrogens (tertiary/aromatic N) is 3. The Labute approximate surface area is 145 Å². The summed E-state index contributed by atoms with van der Waals surface area (Å²) in [6, 6.07) is 8.45. The Balaban J connectivity index is 2.06. The summed E-state index contributed by atoms with van der Waals surface area (Å²) >= 11 is 0. The maximum absolute atomic E-state index is 12.3. The summed E-state index contributed by atoms with van der Waals surface area (Å²) in [4.78, 5) is 32.9. The average molecular weight is 340 g/mol. The first-order chi connectivity index (χ1) is 12.1. The molecule has 25 heavy (non-hydrogen) atoms. The van der Waals surface area contributed by atoms with Crippen molar-refractivity contribution in [3.05, 3.63) is 52.9 Å². The largest absolute Gasteiger partial charge is 0.464 e. The van der Waals surface area contributed by atoms with Gasteiger partial charge in [0.2, 0.25) is 0 Å². The zero-order valence-electron chi connectivity index (χ0n) is 14.3. The summed E-state index contributed by atoms with van der Waals surface area (Å²) in [6.45, 7) is 0. The summed E-state index contributed by atoms with van der Waals surface area (Å²) in [6.07, 6.45) is 3.74. The van der Waals surface area contributed by atoms with E-state index in [1.54, 1.807) is 23.7 Å². The highest BCUT2D eigenvalue weighted by Crippen LogP contribution is 2.18. The Bertz CT molecular complexity index is 872. The van der Waals surface area contributed by atoms with Crippen LogP contribution in [-0.2, 0) is 24.6 Å². The molecule has 0 fully saturated rings. The highest BCUT2D eigenvalue weighted by atomic mass is 16.5. The van der Waals surface area contributed by atoms with Crippen LogP contribution in [0.25, 0.3) is 0 Å². The van der Waals surface area contributed by atoms with Crippen molar-refractivity contribution in [2.24, 2.45) is 12.0 Å². The van der Waals surface area contributed by atoms with Gasteiger partial charge in [-0.3, -0.25) is 0 Å². The molecule has 0 bridgehead atoms. The fourth-order valence-corrected chi connectivity index (χ4v) is 2.96. The number of hydrogen-bond acceptors (Lipinski definition) is 4. The van der Waals surface area contributed by atoms with Crippen LogP contribution < -0.4 is 10.8 Å². The van der Waals surface area contributed by atoms with E-state index in [-0.39, 0.29) is 11.2 Å². The molecule has 1 aromatic carbocycles. The number of aryl methyl sites for hydroxylation is 1. The van der Waals surface area contributed by atoms with Gasteiger partial charge in [-0.2, -0.15) is 4.99 Å². The number of aromatic nitrogens is 2. The molecule has 2 amide bonds. The lowest BCUT2D eigenvalue weighted by Crippen LogP contribution is -2.34. The van der Waals surface area contributed by atoms with Crippen molar-refractivity contribution < 1.29 is 14.3 Å². The predicted octanol–water partition coefficient (Wildman–Crippen LogP) is 2.22. The van der Waals surface area contributed by atoms with Gasteiger partial charge in [-0.25, -0.2) is 14.6 Å². The standard InChI is InChI=1S/C18H20N4O3/c1-22-14-11-7-6-10-13(14)20-15(17(23)25-2)16(22)21-18(24)19-12-8-4-3-5-9-12/h3-5,8-9H,6-7,10-11H2,1-2H3,(H,19,24). The van der Waals surface area contributed by atoms with Crippen LogP contribution >= 0.6 is 0 Å². The van der Waals surface area contributed by atoms with Gasteiger partial charge in [-0.05, 0) is 37.8 Å². The minimum Gasteiger partial charge on any atom is -0.464 e. The Morgan fingerprint density at radius 1 is 1.20 bits per heavy atom. The van der Waals surface area contributed by atoms with Crippen molar-refractivity contribution in [1.82, 2.24) is 9.55 Å². The second-order valence-corrected chi connectivity index (χ2v) is 5.84. The molecular formula is C18H20N4O3. The van der Waals surface area contributed by atoms with E-state index in [9.17, 15) is 9.59 Å². The van der Waals surface area contributed by atoms with E-state index in [4.69, 9.17) is 4.74 Å². The van der Waals surface area contributed by atoms with Crippen molar-refractivity contribution in [2.45, 2.75) is 25.7 Å². The summed E-state index contributed by atoms with van der Waals surface area (Å²) in [7, 11) is 3.09. The number of carbonyl (C=O) groups excluding carboxylic acids is 2. The first kappa shape index (κ1) is 16.9. The van der Waals surface area contributed by atoms with Crippen molar-refractivity contribution in [1.29, 1.82) is 0 Å². The minimum absolute atomic E-state index is 0.0638. The normalized spacial score (nSPS) is 13.9. The van der Waals surface area contributed by atoms with Crippen molar-refractivity contribution >= 4 is 17.7 Å². The zero-order chi connectivity index (χ0) is 17.8. The van der Waals surface area contributed by atoms with Gasteiger partial charge in [-0.15, -0.1) is 0 Å². The summed E-state index contributed by atoms with van der Waals surface area (Å²) in [5.74, 6) is -0.602. The van der Waals surface area contributed by atoms with Gasteiger partial charge in [-0.1, -0.05) is 18.2 Å². The molecule has 0 unspecified atom stereocenters. The monoisotopic (exact) mass is 340 g/mol. The van der Waals surface area contributed by atoms with Crippen LogP contribution in [0.4, 0.5) is 10.5 Å². The number of hydrogen-bond donors (Lipinski definition) is 1. The number of rotatable bonds is 2. The molecule has 1 N–H and O–H groups in total. The molecule has 0 spiro atoms. The van der Waals surface area contributed by atoms with Gasteiger partial charge in [0.25, 0.3) is 0 Å². The third kappa shape index (κ3) is 3.60. The van der Waals surface area contributed by atoms with Crippen LogP contribution in [0, 0.1) is 0 Å². The zero-order valence-corrected chi connectivity index (χ0v) is 14.3. The van der Waals surface area contributed by atoms with E-state index < -0.39 is 12.0 Å². The number of esters is 1. The highest BCUT2D eigenvalue weighted by Gasteiger charge is 2.21. The highest BCUT2D eigenvalue weighted by molar-refractivity contribution is 5.91. The second-order valence-electron chi connectivity index (χ2n) is 5.84. The van der Waals surface area contributed by atoms with Crippen LogP contribution in [0.3, 0.4) is 0 Å². The van der Waals surface area contributed by atoms with E-state index in [2.05, 4.69) is 15.3 Å². The number of urea groups is 1. The molecular weight excluding hydrogens is 320 g/mol. The molecule has 1 aromatic heterocycles. The first-order valence-electron chi connectivity index (χ1n) is 8.18. The number of ether oxygens (including phenoxy) is 1. The minimum atomic E-state index is -0.602. The van der Waals surface area contributed by atoms with E-state index >= 15 is 0 Å². The Morgan fingerprint density at radius 2 is 1.92 bits per heavy atom. The number of benzene rings is 1. The SMILES string of the molecule is COC(=O)c1nc2c(n(C)c1=NC(=O)Nc1ccccc1)CCCC2. The summed E-state index contributed by atoms with van der Waals surface area (Å²) < 4.78 is 6.59. The molecule has 2 aromatic rings. The lowest BCUT2D eigenvalue weighted by Gasteiger charge is -2.19. The molecule has 3 rings (SSSR count). The van der Waals surface area contributed by atoms with E-state index in [0.29, 0.717) is 5.69 Å². The molecule has 1 heterocycles. The molecule has 0 aliphatic heterocycles. The maximum atomic E-state index is 12.3. The quantitative estimate of drug-likeness (QED) is 0.850. The first-order valence-corrected chi connectivity index (χ1v) is 8.18. The Morgan fingerprint density at radius 3 is 2.64 bits per heavy atom. The topological polar surface area (TPSA) is 85.6 Å². The fourth-order valence-electron chi connectivity index (χ4n) is 2.96. The van der Waals surface area contributed by atoms with E-state index in [1.807, 2.05) is 18.2 Å². The molecule has 7 heteroatoms. The molecule has 0 atom stereocenters. The van der Waals surface area contributed by atoms with Crippen LogP contribution in [0.5, 0.6) is 0 Å². The van der Waals surface area contributed by atoms with Gasteiger partial charge < -0.3 is 14.6 Å². The number of fused-ring (bicyclic) bond motifs is 1. The second kappa shape index (κ2) is 7.29. The number of carbonyl (C=O) groups is 2. The van der Waals surface area contributed by atoms with Gasteiger partial charge >= 0.3 is 12.0 Å². The third-order valence-corrected chi connectivity index (χ3v) is 4.20. The Hall–Kier alpha value is -2.96. The van der Waals surface area contributed by atoms with Crippen LogP contribution in [0.1, 0.15) is 34.7 Å². The molecule has 0 radical (unpaired) electrons. The van der Waals surface area contributed by atoms with Gasteiger partial charge in [0, 0.05) is 18.4 Å². The lowest BCUT2D eigenvalue weighted by atomic mass is 10.00. The maximum Gasteiger partial charge on any atom is 0.360 e. The van der Waals surface area contributed by atoms with Crippen LogP contribution in [-0.4, -0.2) is 28.7 Å².